The lowest BCUT2D eigenvalue weighted by atomic mass is 10.1. The predicted octanol–water partition coefficient (Wildman–Crippen LogP) is 4.32. The van der Waals surface area contributed by atoms with Gasteiger partial charge in [-0.2, -0.15) is 13.2 Å². The first kappa shape index (κ1) is 24.6. The van der Waals surface area contributed by atoms with Crippen LogP contribution in [-0.2, 0) is 14.8 Å². The van der Waals surface area contributed by atoms with Crippen molar-refractivity contribution < 1.29 is 31.2 Å². The molecule has 0 radical (unpaired) electrons. The second-order valence-electron chi connectivity index (χ2n) is 7.56. The molecule has 3 aromatic rings. The van der Waals surface area contributed by atoms with Crippen LogP contribution in [0.2, 0.25) is 5.02 Å². The number of carbonyl (C=O) groups excluding carboxylic acids is 2. The number of nitrogens with zero attached hydrogens (tertiary/aromatic N) is 3. The Morgan fingerprint density at radius 2 is 1.76 bits per heavy atom. The number of piperazine rings is 1. The zero-order valence-electron chi connectivity index (χ0n) is 17.2. The zero-order chi connectivity index (χ0) is 24.8. The Labute approximate surface area is 205 Å². The standard InChI is InChI=1S/C21H16BrClF3N3O4S/c22-14-8-17(27-4-6-28(7-5-27)20(31)21(24,25)26)19-13(12-30)11-29(18(19)9-14)34(32,33)16-3-1-2-15(23)10-16/h1-3,8-12H,4-7H2. The molecule has 0 unspecified atom stereocenters. The van der Waals surface area contributed by atoms with Crippen molar-refractivity contribution in [3.8, 4) is 0 Å². The summed E-state index contributed by atoms with van der Waals surface area (Å²) in [5.74, 6) is -1.90. The van der Waals surface area contributed by atoms with E-state index in [1.54, 1.807) is 11.0 Å². The third kappa shape index (κ3) is 4.41. The lowest BCUT2D eigenvalue weighted by Gasteiger charge is -2.36. The average Bonchev–Trinajstić information content (AvgIpc) is 3.17. The van der Waals surface area contributed by atoms with E-state index >= 15 is 0 Å². The number of aldehydes is 1. The summed E-state index contributed by atoms with van der Waals surface area (Å²) in [4.78, 5) is 25.8. The van der Waals surface area contributed by atoms with E-state index in [1.165, 1.54) is 36.5 Å². The Morgan fingerprint density at radius 3 is 2.35 bits per heavy atom. The van der Waals surface area contributed by atoms with Crippen LogP contribution in [-0.4, -0.2) is 61.8 Å². The Kier molecular flexibility index (Phi) is 6.42. The molecule has 2 heterocycles. The van der Waals surface area contributed by atoms with Crippen molar-refractivity contribution in [3.05, 3.63) is 57.7 Å². The molecular formula is C21H16BrClF3N3O4S. The van der Waals surface area contributed by atoms with Crippen molar-refractivity contribution in [2.45, 2.75) is 11.1 Å². The summed E-state index contributed by atoms with van der Waals surface area (Å²) in [6.07, 6.45) is -3.23. The van der Waals surface area contributed by atoms with E-state index in [0.29, 0.717) is 21.8 Å². The van der Waals surface area contributed by atoms with Crippen molar-refractivity contribution in [1.29, 1.82) is 0 Å². The topological polar surface area (TPSA) is 79.7 Å². The fraction of sp³-hybridized carbons (Fsp3) is 0.238. The highest BCUT2D eigenvalue weighted by molar-refractivity contribution is 9.10. The van der Waals surface area contributed by atoms with Gasteiger partial charge in [0.05, 0.1) is 10.4 Å². The molecule has 0 atom stereocenters. The van der Waals surface area contributed by atoms with Gasteiger partial charge >= 0.3 is 12.1 Å². The number of fused-ring (bicyclic) bond motifs is 1. The molecule has 1 saturated heterocycles. The van der Waals surface area contributed by atoms with Gasteiger partial charge in [0.15, 0.2) is 6.29 Å². The summed E-state index contributed by atoms with van der Waals surface area (Å²) in [5, 5.41) is 0.556. The number of benzene rings is 2. The fourth-order valence-corrected chi connectivity index (χ4v) is 6.01. The SMILES string of the molecule is O=Cc1cn(S(=O)(=O)c2cccc(Cl)c2)c2cc(Br)cc(N3CCN(C(=O)C(F)(F)F)CC3)c12. The molecule has 1 aromatic heterocycles. The minimum Gasteiger partial charge on any atom is -0.367 e. The molecular weight excluding hydrogens is 563 g/mol. The molecule has 34 heavy (non-hydrogen) atoms. The smallest absolute Gasteiger partial charge is 0.367 e. The number of amides is 1. The maximum absolute atomic E-state index is 13.3. The Bertz CT molecular complexity index is 1400. The maximum atomic E-state index is 13.3. The third-order valence-electron chi connectivity index (χ3n) is 5.47. The Balaban J connectivity index is 1.79. The lowest BCUT2D eigenvalue weighted by Crippen LogP contribution is -2.52. The largest absolute Gasteiger partial charge is 0.471 e. The van der Waals surface area contributed by atoms with Gasteiger partial charge in [0, 0.05) is 58.5 Å². The molecule has 1 amide bonds. The summed E-state index contributed by atoms with van der Waals surface area (Å²) in [6, 6.07) is 8.89. The minimum atomic E-state index is -4.96. The van der Waals surface area contributed by atoms with E-state index in [4.69, 9.17) is 11.6 Å². The molecule has 0 bridgehead atoms. The van der Waals surface area contributed by atoms with Crippen LogP contribution in [0.5, 0.6) is 0 Å². The number of rotatable bonds is 4. The average molecular weight is 579 g/mol. The van der Waals surface area contributed by atoms with Crippen LogP contribution in [0.4, 0.5) is 18.9 Å². The van der Waals surface area contributed by atoms with Crippen LogP contribution >= 0.6 is 27.5 Å². The summed E-state index contributed by atoms with van der Waals surface area (Å²) in [6.45, 7) is -0.218. The third-order valence-corrected chi connectivity index (χ3v) is 7.84. The second-order valence-corrected chi connectivity index (χ2v) is 10.7. The first-order valence-corrected chi connectivity index (χ1v) is 12.5. The maximum Gasteiger partial charge on any atom is 0.471 e. The molecule has 1 aliphatic rings. The van der Waals surface area contributed by atoms with Gasteiger partial charge in [0.1, 0.15) is 0 Å². The van der Waals surface area contributed by atoms with Crippen LogP contribution in [0.15, 0.2) is 52.0 Å². The molecule has 0 saturated carbocycles. The van der Waals surface area contributed by atoms with Gasteiger partial charge in [-0.3, -0.25) is 9.59 Å². The number of anilines is 1. The van der Waals surface area contributed by atoms with Crippen LogP contribution in [0, 0.1) is 0 Å². The van der Waals surface area contributed by atoms with E-state index < -0.39 is 22.1 Å². The molecule has 180 valence electrons. The summed E-state index contributed by atoms with van der Waals surface area (Å²) in [7, 11) is -4.12. The molecule has 4 rings (SSSR count). The van der Waals surface area contributed by atoms with Crippen molar-refractivity contribution in [2.24, 2.45) is 0 Å². The first-order valence-electron chi connectivity index (χ1n) is 9.85. The summed E-state index contributed by atoms with van der Waals surface area (Å²) in [5.41, 5.74) is 0.766. The fourth-order valence-electron chi connectivity index (χ4n) is 3.92. The van der Waals surface area contributed by atoms with Crippen molar-refractivity contribution in [1.82, 2.24) is 8.87 Å². The Hall–Kier alpha value is -2.57. The molecule has 2 aromatic carbocycles. The highest BCUT2D eigenvalue weighted by atomic mass is 79.9. The first-order chi connectivity index (χ1) is 15.9. The van der Waals surface area contributed by atoms with Crippen molar-refractivity contribution in [3.63, 3.8) is 0 Å². The van der Waals surface area contributed by atoms with Crippen LogP contribution in [0.25, 0.3) is 10.9 Å². The van der Waals surface area contributed by atoms with Crippen LogP contribution in [0.1, 0.15) is 10.4 Å². The molecule has 1 fully saturated rings. The van der Waals surface area contributed by atoms with Crippen LogP contribution in [0.3, 0.4) is 0 Å². The van der Waals surface area contributed by atoms with E-state index in [-0.39, 0.29) is 47.2 Å². The second kappa shape index (κ2) is 8.90. The summed E-state index contributed by atoms with van der Waals surface area (Å²) < 4.78 is 66.5. The number of hydrogen-bond donors (Lipinski definition) is 0. The van der Waals surface area contributed by atoms with Gasteiger partial charge in [-0.05, 0) is 30.3 Å². The van der Waals surface area contributed by atoms with Crippen LogP contribution < -0.4 is 4.90 Å². The zero-order valence-corrected chi connectivity index (χ0v) is 20.4. The quantitative estimate of drug-likeness (QED) is 0.431. The van der Waals surface area contributed by atoms with Crippen molar-refractivity contribution >= 4 is 66.3 Å². The van der Waals surface area contributed by atoms with Gasteiger partial charge in [-0.25, -0.2) is 12.4 Å². The molecule has 13 heteroatoms. The van der Waals surface area contributed by atoms with E-state index in [9.17, 15) is 31.2 Å². The number of halogens is 5. The molecule has 0 spiro atoms. The highest BCUT2D eigenvalue weighted by Gasteiger charge is 2.43. The highest BCUT2D eigenvalue weighted by Crippen LogP contribution is 2.37. The monoisotopic (exact) mass is 577 g/mol. The lowest BCUT2D eigenvalue weighted by molar-refractivity contribution is -0.185. The number of alkyl halides is 3. The normalized spacial score (nSPS) is 15.1. The molecule has 0 aliphatic carbocycles. The molecule has 0 N–H and O–H groups in total. The van der Waals surface area contributed by atoms with Gasteiger partial charge in [-0.15, -0.1) is 0 Å². The van der Waals surface area contributed by atoms with E-state index in [1.807, 2.05) is 0 Å². The molecule has 1 aliphatic heterocycles. The summed E-state index contributed by atoms with van der Waals surface area (Å²) >= 11 is 9.31. The Morgan fingerprint density at radius 1 is 1.09 bits per heavy atom. The number of carbonyl (C=O) groups is 2. The number of aromatic nitrogens is 1. The van der Waals surface area contributed by atoms with E-state index in [2.05, 4.69) is 15.9 Å². The van der Waals surface area contributed by atoms with E-state index in [0.717, 1.165) is 8.87 Å². The van der Waals surface area contributed by atoms with Gasteiger partial charge in [-0.1, -0.05) is 33.6 Å². The molecule has 7 nitrogen and oxygen atoms in total. The minimum absolute atomic E-state index is 0.0674. The van der Waals surface area contributed by atoms with Gasteiger partial charge in [0.2, 0.25) is 0 Å². The van der Waals surface area contributed by atoms with Gasteiger partial charge in [0.25, 0.3) is 10.0 Å². The van der Waals surface area contributed by atoms with Gasteiger partial charge < -0.3 is 9.80 Å². The van der Waals surface area contributed by atoms with Crippen molar-refractivity contribution in [2.75, 3.05) is 31.1 Å². The predicted molar refractivity (Wildman–Crippen MR) is 124 cm³/mol. The number of hydrogen-bond acceptors (Lipinski definition) is 5.